The molecule has 0 aliphatic heterocycles. The first-order valence-electron chi connectivity index (χ1n) is 6.05. The van der Waals surface area contributed by atoms with E-state index in [9.17, 15) is 8.42 Å². The highest BCUT2D eigenvalue weighted by Gasteiger charge is 2.13. The summed E-state index contributed by atoms with van der Waals surface area (Å²) in [7, 11) is -3.51. The zero-order valence-corrected chi connectivity index (χ0v) is 12.5. The average Bonchev–Trinajstić information content (AvgIpc) is 2.34. The molecule has 0 aromatic heterocycles. The van der Waals surface area contributed by atoms with Crippen molar-refractivity contribution in [3.8, 4) is 0 Å². The van der Waals surface area contributed by atoms with Gasteiger partial charge >= 0.3 is 0 Å². The first kappa shape index (κ1) is 16.2. The van der Waals surface area contributed by atoms with Gasteiger partial charge in [0, 0.05) is 5.69 Å². The Labute approximate surface area is 119 Å². The van der Waals surface area contributed by atoms with Crippen LogP contribution in [0.5, 0.6) is 0 Å². The fourth-order valence-electron chi connectivity index (χ4n) is 1.74. The van der Waals surface area contributed by atoms with Crippen molar-refractivity contribution >= 4 is 15.7 Å². The number of nitrogens with one attached hydrogen (secondary N) is 1. The number of rotatable bonds is 3. The summed E-state index contributed by atoms with van der Waals surface area (Å²) in [5, 5.41) is 0. The van der Waals surface area contributed by atoms with Crippen molar-refractivity contribution in [3.63, 3.8) is 0 Å². The lowest BCUT2D eigenvalue weighted by Crippen LogP contribution is -3.00. The molecule has 0 saturated carbocycles. The fraction of sp³-hybridized carbons (Fsp3) is 0.200. The van der Waals surface area contributed by atoms with Gasteiger partial charge in [-0.05, 0) is 56.2 Å². The Balaban J connectivity index is 0.00000200. The van der Waals surface area contributed by atoms with Crippen LogP contribution in [0.4, 0.5) is 5.69 Å². The number of benzene rings is 2. The molecule has 0 spiro atoms. The number of hydrogen-bond donors (Lipinski definition) is 1. The minimum atomic E-state index is -3.51. The van der Waals surface area contributed by atoms with Crippen molar-refractivity contribution in [3.05, 3.63) is 59.2 Å². The van der Waals surface area contributed by atoms with Crippen LogP contribution in [0.2, 0.25) is 0 Å². The molecular weight excluding hydrogens is 277 g/mol. The molecule has 0 bridgehead atoms. The maximum atomic E-state index is 12.2. The zero-order valence-electron chi connectivity index (χ0n) is 11.6. The standard InChI is InChI=1S/C15H17NO2S.FH/c1-11-4-8-15(9-5-11)19(17,18)16-14-7-6-12(2)13(3)10-14;/h4-10,16H,1-3H3;1H/p-1. The quantitative estimate of drug-likeness (QED) is 0.891. The van der Waals surface area contributed by atoms with Crippen LogP contribution in [-0.2, 0) is 10.0 Å². The smallest absolute Gasteiger partial charge is 0.261 e. The summed E-state index contributed by atoms with van der Waals surface area (Å²) in [6, 6.07) is 12.3. The maximum Gasteiger partial charge on any atom is 0.261 e. The second-order valence-corrected chi connectivity index (χ2v) is 6.40. The van der Waals surface area contributed by atoms with Gasteiger partial charge in [-0.1, -0.05) is 23.8 Å². The van der Waals surface area contributed by atoms with Crippen molar-refractivity contribution in [2.24, 2.45) is 0 Å². The molecule has 0 aliphatic carbocycles. The van der Waals surface area contributed by atoms with Crippen LogP contribution in [0.1, 0.15) is 16.7 Å². The van der Waals surface area contributed by atoms with E-state index < -0.39 is 10.0 Å². The van der Waals surface area contributed by atoms with E-state index in [1.54, 1.807) is 30.3 Å². The summed E-state index contributed by atoms with van der Waals surface area (Å²) in [4.78, 5) is 0.274. The van der Waals surface area contributed by atoms with E-state index in [0.29, 0.717) is 5.69 Å². The first-order chi connectivity index (χ1) is 8.88. The molecule has 2 aromatic carbocycles. The van der Waals surface area contributed by atoms with Crippen molar-refractivity contribution in [2.45, 2.75) is 25.7 Å². The van der Waals surface area contributed by atoms with E-state index in [4.69, 9.17) is 0 Å². The number of hydrogen-bond acceptors (Lipinski definition) is 2. The third-order valence-corrected chi connectivity index (χ3v) is 4.49. The largest absolute Gasteiger partial charge is 1.00 e. The summed E-state index contributed by atoms with van der Waals surface area (Å²) in [5.41, 5.74) is 3.82. The van der Waals surface area contributed by atoms with Crippen LogP contribution >= 0.6 is 0 Å². The molecule has 0 fully saturated rings. The topological polar surface area (TPSA) is 46.2 Å². The van der Waals surface area contributed by atoms with Crippen LogP contribution in [0.25, 0.3) is 0 Å². The van der Waals surface area contributed by atoms with Gasteiger partial charge < -0.3 is 4.70 Å². The van der Waals surface area contributed by atoms with Crippen LogP contribution in [-0.4, -0.2) is 8.42 Å². The van der Waals surface area contributed by atoms with Gasteiger partial charge in [0.05, 0.1) is 4.90 Å². The first-order valence-corrected chi connectivity index (χ1v) is 7.53. The summed E-state index contributed by atoms with van der Waals surface area (Å²) >= 11 is 0. The lowest BCUT2D eigenvalue weighted by Gasteiger charge is -2.10. The highest BCUT2D eigenvalue weighted by atomic mass is 32.2. The van der Waals surface area contributed by atoms with Gasteiger partial charge in [-0.15, -0.1) is 0 Å². The van der Waals surface area contributed by atoms with Crippen molar-refractivity contribution < 1.29 is 13.1 Å². The Kier molecular flexibility index (Phi) is 4.89. The fourth-order valence-corrected chi connectivity index (χ4v) is 2.79. The minimum absolute atomic E-state index is 0. The molecule has 0 radical (unpaired) electrons. The lowest BCUT2D eigenvalue weighted by atomic mass is 10.1. The van der Waals surface area contributed by atoms with Gasteiger partial charge in [0.15, 0.2) is 0 Å². The predicted octanol–water partition coefficient (Wildman–Crippen LogP) is 0.417. The monoisotopic (exact) mass is 294 g/mol. The molecule has 0 aliphatic rings. The number of halogens is 1. The van der Waals surface area contributed by atoms with E-state index in [0.717, 1.165) is 16.7 Å². The highest BCUT2D eigenvalue weighted by Crippen LogP contribution is 2.19. The van der Waals surface area contributed by atoms with Crippen molar-refractivity contribution in [2.75, 3.05) is 4.72 Å². The highest BCUT2D eigenvalue weighted by molar-refractivity contribution is 7.92. The summed E-state index contributed by atoms with van der Waals surface area (Å²) in [6.07, 6.45) is 0. The van der Waals surface area contributed by atoms with Crippen LogP contribution < -0.4 is 9.43 Å². The van der Waals surface area contributed by atoms with Crippen LogP contribution in [0.3, 0.4) is 0 Å². The molecule has 20 heavy (non-hydrogen) atoms. The Bertz CT molecular complexity index is 694. The number of sulfonamides is 1. The normalized spacial score (nSPS) is 10.8. The van der Waals surface area contributed by atoms with E-state index >= 15 is 0 Å². The van der Waals surface area contributed by atoms with Gasteiger partial charge in [-0.3, -0.25) is 4.72 Å². The molecular formula is C15H17FNO2S-. The summed E-state index contributed by atoms with van der Waals surface area (Å²) < 4.78 is 27.0. The molecule has 2 aromatic rings. The SMILES string of the molecule is Cc1ccc(S(=O)(=O)Nc2ccc(C)c(C)c2)cc1.[F-]. The molecule has 5 heteroatoms. The Morgan fingerprint density at radius 3 is 2.00 bits per heavy atom. The summed E-state index contributed by atoms with van der Waals surface area (Å²) in [6.45, 7) is 5.87. The Hall–Kier alpha value is -1.88. The third-order valence-electron chi connectivity index (χ3n) is 3.09. The molecule has 0 amide bonds. The van der Waals surface area contributed by atoms with Crippen molar-refractivity contribution in [1.82, 2.24) is 0 Å². The predicted molar refractivity (Wildman–Crippen MR) is 77.9 cm³/mol. The zero-order chi connectivity index (χ0) is 14.0. The van der Waals surface area contributed by atoms with Crippen LogP contribution in [0, 0.1) is 20.8 Å². The minimum Gasteiger partial charge on any atom is -1.00 e. The van der Waals surface area contributed by atoms with E-state index in [-0.39, 0.29) is 9.60 Å². The maximum absolute atomic E-state index is 12.2. The Morgan fingerprint density at radius 1 is 0.850 bits per heavy atom. The van der Waals surface area contributed by atoms with Gasteiger partial charge in [0.2, 0.25) is 0 Å². The van der Waals surface area contributed by atoms with Crippen molar-refractivity contribution in [1.29, 1.82) is 0 Å². The van der Waals surface area contributed by atoms with Crippen LogP contribution in [0.15, 0.2) is 47.4 Å². The molecule has 0 heterocycles. The molecule has 0 unspecified atom stereocenters. The number of aryl methyl sites for hydroxylation is 3. The van der Waals surface area contributed by atoms with Gasteiger partial charge in [0.1, 0.15) is 0 Å². The Morgan fingerprint density at radius 2 is 1.45 bits per heavy atom. The van der Waals surface area contributed by atoms with Gasteiger partial charge in [-0.25, -0.2) is 8.42 Å². The average molecular weight is 294 g/mol. The molecule has 3 nitrogen and oxygen atoms in total. The van der Waals surface area contributed by atoms with E-state index in [2.05, 4.69) is 4.72 Å². The molecule has 1 N–H and O–H groups in total. The van der Waals surface area contributed by atoms with E-state index in [1.165, 1.54) is 0 Å². The second kappa shape index (κ2) is 6.05. The van der Waals surface area contributed by atoms with Gasteiger partial charge in [-0.2, -0.15) is 0 Å². The van der Waals surface area contributed by atoms with E-state index in [1.807, 2.05) is 32.9 Å². The molecule has 0 atom stereocenters. The second-order valence-electron chi connectivity index (χ2n) is 4.72. The number of anilines is 1. The summed E-state index contributed by atoms with van der Waals surface area (Å²) in [5.74, 6) is 0. The molecule has 0 saturated heterocycles. The lowest BCUT2D eigenvalue weighted by molar-refractivity contribution is -0.00000646. The molecule has 2 rings (SSSR count). The van der Waals surface area contributed by atoms with Gasteiger partial charge in [0.25, 0.3) is 10.0 Å². The molecule has 108 valence electrons. The third kappa shape index (κ3) is 3.57.